The lowest BCUT2D eigenvalue weighted by Gasteiger charge is -2.29. The molecule has 1 atom stereocenters. The van der Waals surface area contributed by atoms with Crippen molar-refractivity contribution >= 4 is 16.1 Å². The minimum Gasteiger partial charge on any atom is -0.379 e. The molecule has 25 heavy (non-hydrogen) atoms. The molecule has 1 amide bonds. The summed E-state index contributed by atoms with van der Waals surface area (Å²) in [6, 6.07) is -0.778. The molecule has 0 aromatic carbocycles. The first kappa shape index (κ1) is 18.2. The van der Waals surface area contributed by atoms with Crippen molar-refractivity contribution in [2.75, 3.05) is 32.8 Å². The molecule has 140 valence electrons. The van der Waals surface area contributed by atoms with Gasteiger partial charge in [0.05, 0.1) is 13.2 Å². The number of carbonyl (C=O) groups is 1. The van der Waals surface area contributed by atoms with Crippen LogP contribution in [-0.2, 0) is 26.3 Å². The van der Waals surface area contributed by atoms with Crippen LogP contribution in [0.15, 0.2) is 4.52 Å². The fourth-order valence-corrected chi connectivity index (χ4v) is 4.34. The molecular formula is C14H23N5O5S. The second-order valence-electron chi connectivity index (χ2n) is 6.18. The Morgan fingerprint density at radius 1 is 1.24 bits per heavy atom. The third kappa shape index (κ3) is 4.54. The minimum atomic E-state index is -3.72. The highest BCUT2D eigenvalue weighted by molar-refractivity contribution is 7.87. The second kappa shape index (κ2) is 7.77. The first-order valence-corrected chi connectivity index (χ1v) is 9.83. The van der Waals surface area contributed by atoms with E-state index in [-0.39, 0.29) is 12.5 Å². The Kier molecular flexibility index (Phi) is 5.67. The van der Waals surface area contributed by atoms with Gasteiger partial charge in [-0.3, -0.25) is 4.79 Å². The molecule has 3 heterocycles. The molecule has 1 aromatic heterocycles. The summed E-state index contributed by atoms with van der Waals surface area (Å²) >= 11 is 0. The average Bonchev–Trinajstić information content (AvgIpc) is 2.93. The largest absolute Gasteiger partial charge is 0.379 e. The summed E-state index contributed by atoms with van der Waals surface area (Å²) in [7, 11) is -3.72. The van der Waals surface area contributed by atoms with Gasteiger partial charge in [-0.25, -0.2) is 0 Å². The monoisotopic (exact) mass is 373 g/mol. The number of likely N-dealkylation sites (tertiary alicyclic amines) is 1. The SMILES string of the molecule is Cc1noc(CN2CCCCC(NS(=O)(=O)N3CCOCC3)C2=O)n1. The summed E-state index contributed by atoms with van der Waals surface area (Å²) < 4.78 is 39.2. The first-order valence-electron chi connectivity index (χ1n) is 8.39. The van der Waals surface area contributed by atoms with Gasteiger partial charge in [-0.05, 0) is 26.2 Å². The van der Waals surface area contributed by atoms with Crippen molar-refractivity contribution in [1.82, 2.24) is 24.1 Å². The van der Waals surface area contributed by atoms with Crippen LogP contribution in [0.2, 0.25) is 0 Å². The summed E-state index contributed by atoms with van der Waals surface area (Å²) in [6.07, 6.45) is 2.04. The van der Waals surface area contributed by atoms with Crippen molar-refractivity contribution in [3.8, 4) is 0 Å². The lowest BCUT2D eigenvalue weighted by Crippen LogP contribution is -2.53. The molecule has 0 spiro atoms. The van der Waals surface area contributed by atoms with Crippen molar-refractivity contribution < 1.29 is 22.5 Å². The number of nitrogens with zero attached hydrogens (tertiary/aromatic N) is 4. The Balaban J connectivity index is 1.68. The summed E-state index contributed by atoms with van der Waals surface area (Å²) in [4.78, 5) is 18.5. The maximum absolute atomic E-state index is 12.8. The number of aromatic nitrogens is 2. The van der Waals surface area contributed by atoms with E-state index in [4.69, 9.17) is 9.26 Å². The van der Waals surface area contributed by atoms with Crippen molar-refractivity contribution in [2.24, 2.45) is 0 Å². The molecule has 2 fully saturated rings. The second-order valence-corrected chi connectivity index (χ2v) is 7.88. The number of morpholine rings is 1. The van der Waals surface area contributed by atoms with Gasteiger partial charge in [-0.2, -0.15) is 22.4 Å². The van der Waals surface area contributed by atoms with Gasteiger partial charge in [0.2, 0.25) is 11.8 Å². The highest BCUT2D eigenvalue weighted by Gasteiger charge is 2.34. The maximum atomic E-state index is 12.8. The van der Waals surface area contributed by atoms with Crippen LogP contribution in [-0.4, -0.2) is 72.6 Å². The number of hydrogen-bond donors (Lipinski definition) is 1. The van der Waals surface area contributed by atoms with E-state index >= 15 is 0 Å². The summed E-state index contributed by atoms with van der Waals surface area (Å²) in [5.41, 5.74) is 0. The number of carbonyl (C=O) groups excluding carboxylic acids is 1. The molecule has 2 aliphatic rings. The molecule has 11 heteroatoms. The Labute approximate surface area is 146 Å². The predicted octanol–water partition coefficient (Wildman–Crippen LogP) is -0.574. The van der Waals surface area contributed by atoms with E-state index in [0.717, 1.165) is 12.8 Å². The number of nitrogens with one attached hydrogen (secondary N) is 1. The van der Waals surface area contributed by atoms with Crippen LogP contribution >= 0.6 is 0 Å². The normalized spacial score (nSPS) is 23.6. The van der Waals surface area contributed by atoms with E-state index < -0.39 is 16.3 Å². The fourth-order valence-electron chi connectivity index (χ4n) is 2.98. The van der Waals surface area contributed by atoms with Crippen molar-refractivity contribution in [1.29, 1.82) is 0 Å². The van der Waals surface area contributed by atoms with Gasteiger partial charge >= 0.3 is 0 Å². The van der Waals surface area contributed by atoms with Crippen LogP contribution in [0.1, 0.15) is 31.0 Å². The number of amides is 1. The van der Waals surface area contributed by atoms with Crippen LogP contribution < -0.4 is 4.72 Å². The molecule has 2 saturated heterocycles. The molecule has 1 unspecified atom stereocenters. The zero-order chi connectivity index (χ0) is 17.9. The van der Waals surface area contributed by atoms with Gasteiger partial charge < -0.3 is 14.2 Å². The molecular weight excluding hydrogens is 350 g/mol. The molecule has 0 aliphatic carbocycles. The quantitative estimate of drug-likeness (QED) is 0.734. The average molecular weight is 373 g/mol. The third-order valence-electron chi connectivity index (χ3n) is 4.28. The van der Waals surface area contributed by atoms with Gasteiger partial charge in [0.15, 0.2) is 5.82 Å². The van der Waals surface area contributed by atoms with Crippen LogP contribution in [0, 0.1) is 6.92 Å². The smallest absolute Gasteiger partial charge is 0.280 e. The van der Waals surface area contributed by atoms with Gasteiger partial charge in [-0.15, -0.1) is 0 Å². The van der Waals surface area contributed by atoms with Crippen LogP contribution in [0.5, 0.6) is 0 Å². The molecule has 3 rings (SSSR count). The molecule has 10 nitrogen and oxygen atoms in total. The zero-order valence-corrected chi connectivity index (χ0v) is 15.0. The Morgan fingerprint density at radius 2 is 2.00 bits per heavy atom. The fraction of sp³-hybridized carbons (Fsp3) is 0.786. The summed E-state index contributed by atoms with van der Waals surface area (Å²) in [5.74, 6) is 0.592. The third-order valence-corrected chi connectivity index (χ3v) is 5.90. The lowest BCUT2D eigenvalue weighted by atomic mass is 10.1. The van der Waals surface area contributed by atoms with E-state index in [0.29, 0.717) is 51.0 Å². The van der Waals surface area contributed by atoms with E-state index in [1.54, 1.807) is 11.8 Å². The predicted molar refractivity (Wildman–Crippen MR) is 86.5 cm³/mol. The van der Waals surface area contributed by atoms with E-state index in [9.17, 15) is 13.2 Å². The number of hydrogen-bond acceptors (Lipinski definition) is 7. The maximum Gasteiger partial charge on any atom is 0.280 e. The van der Waals surface area contributed by atoms with Gasteiger partial charge in [0.25, 0.3) is 10.2 Å². The standard InChI is InChI=1S/C14H23N5O5S/c1-11-15-13(24-16-11)10-18-5-3-2-4-12(14(18)20)17-25(21,22)19-6-8-23-9-7-19/h12,17H,2-10H2,1H3. The topological polar surface area (TPSA) is 118 Å². The molecule has 0 bridgehead atoms. The summed E-state index contributed by atoms with van der Waals surface area (Å²) in [6.45, 7) is 3.74. The highest BCUT2D eigenvalue weighted by atomic mass is 32.2. The first-order chi connectivity index (χ1) is 12.0. The molecule has 1 aromatic rings. The zero-order valence-electron chi connectivity index (χ0n) is 14.2. The van der Waals surface area contributed by atoms with Crippen LogP contribution in [0.4, 0.5) is 0 Å². The van der Waals surface area contributed by atoms with E-state index in [1.165, 1.54) is 4.31 Å². The minimum absolute atomic E-state index is 0.190. The lowest BCUT2D eigenvalue weighted by molar-refractivity contribution is -0.133. The van der Waals surface area contributed by atoms with E-state index in [1.807, 2.05) is 0 Å². The summed E-state index contributed by atoms with van der Waals surface area (Å²) in [5, 5.41) is 3.72. The van der Waals surface area contributed by atoms with Gasteiger partial charge in [0, 0.05) is 19.6 Å². The van der Waals surface area contributed by atoms with Crippen molar-refractivity contribution in [3.05, 3.63) is 11.7 Å². The number of aryl methyl sites for hydroxylation is 1. The van der Waals surface area contributed by atoms with Crippen LogP contribution in [0.25, 0.3) is 0 Å². The molecule has 0 saturated carbocycles. The Hall–Kier alpha value is -1.56. The number of rotatable bonds is 5. The Bertz CT molecular complexity index is 700. The molecule has 1 N–H and O–H groups in total. The van der Waals surface area contributed by atoms with Gasteiger partial charge in [-0.1, -0.05) is 5.16 Å². The van der Waals surface area contributed by atoms with Crippen molar-refractivity contribution in [3.63, 3.8) is 0 Å². The Morgan fingerprint density at radius 3 is 2.68 bits per heavy atom. The van der Waals surface area contributed by atoms with Crippen LogP contribution in [0.3, 0.4) is 0 Å². The highest BCUT2D eigenvalue weighted by Crippen LogP contribution is 2.16. The van der Waals surface area contributed by atoms with E-state index in [2.05, 4.69) is 14.9 Å². The molecule has 2 aliphatic heterocycles. The van der Waals surface area contributed by atoms with Gasteiger partial charge in [0.1, 0.15) is 12.6 Å². The number of ether oxygens (including phenoxy) is 1. The van der Waals surface area contributed by atoms with Crippen molar-refractivity contribution in [2.45, 2.75) is 38.8 Å². The molecule has 0 radical (unpaired) electrons.